The van der Waals surface area contributed by atoms with E-state index in [-0.39, 0.29) is 17.0 Å². The molecule has 0 amide bonds. The predicted molar refractivity (Wildman–Crippen MR) is 47.2 cm³/mol. The lowest BCUT2D eigenvalue weighted by Crippen LogP contribution is -2.17. The molecule has 1 aromatic rings. The van der Waals surface area contributed by atoms with Crippen LogP contribution in [0.25, 0.3) is 0 Å². The van der Waals surface area contributed by atoms with Crippen LogP contribution in [0.3, 0.4) is 0 Å². The SMILES string of the molecule is O=S1(=O)NCc2cc(OC(F)(F)F)ccc21. The van der Waals surface area contributed by atoms with Crippen molar-refractivity contribution < 1.29 is 26.3 Å². The first-order valence-electron chi connectivity index (χ1n) is 4.16. The lowest BCUT2D eigenvalue weighted by Gasteiger charge is -2.09. The minimum Gasteiger partial charge on any atom is -0.406 e. The van der Waals surface area contributed by atoms with E-state index in [0.29, 0.717) is 0 Å². The average molecular weight is 253 g/mol. The number of fused-ring (bicyclic) bond motifs is 1. The summed E-state index contributed by atoms with van der Waals surface area (Å²) in [5.41, 5.74) is 0.266. The van der Waals surface area contributed by atoms with Crippen LogP contribution in [-0.2, 0) is 16.6 Å². The number of halogens is 3. The fourth-order valence-corrected chi connectivity index (χ4v) is 2.63. The third kappa shape index (κ3) is 2.12. The highest BCUT2D eigenvalue weighted by molar-refractivity contribution is 7.89. The summed E-state index contributed by atoms with van der Waals surface area (Å²) >= 11 is 0. The van der Waals surface area contributed by atoms with Crippen LogP contribution in [0.15, 0.2) is 23.1 Å². The Morgan fingerprint density at radius 3 is 2.62 bits per heavy atom. The molecular weight excluding hydrogens is 247 g/mol. The van der Waals surface area contributed by atoms with E-state index in [1.54, 1.807) is 0 Å². The quantitative estimate of drug-likeness (QED) is 0.822. The van der Waals surface area contributed by atoms with Crippen molar-refractivity contribution in [2.75, 3.05) is 0 Å². The average Bonchev–Trinajstić information content (AvgIpc) is 2.39. The van der Waals surface area contributed by atoms with Crippen LogP contribution < -0.4 is 9.46 Å². The third-order valence-electron chi connectivity index (χ3n) is 2.01. The number of benzene rings is 1. The molecule has 0 aliphatic carbocycles. The van der Waals surface area contributed by atoms with Crippen molar-refractivity contribution in [3.8, 4) is 5.75 Å². The molecule has 1 heterocycles. The molecule has 0 unspecified atom stereocenters. The Morgan fingerprint density at radius 2 is 2.00 bits per heavy atom. The van der Waals surface area contributed by atoms with E-state index in [2.05, 4.69) is 9.46 Å². The van der Waals surface area contributed by atoms with Gasteiger partial charge >= 0.3 is 6.36 Å². The number of sulfonamides is 1. The minimum atomic E-state index is -4.78. The molecule has 1 aliphatic rings. The smallest absolute Gasteiger partial charge is 0.406 e. The van der Waals surface area contributed by atoms with Gasteiger partial charge in [0.2, 0.25) is 10.0 Å². The zero-order valence-corrected chi connectivity index (χ0v) is 8.52. The molecule has 0 fully saturated rings. The van der Waals surface area contributed by atoms with Crippen LogP contribution in [0.5, 0.6) is 5.75 Å². The fraction of sp³-hybridized carbons (Fsp3) is 0.250. The van der Waals surface area contributed by atoms with Gasteiger partial charge in [0.1, 0.15) is 5.75 Å². The van der Waals surface area contributed by atoms with Gasteiger partial charge in [0.25, 0.3) is 0 Å². The maximum atomic E-state index is 11.9. The molecular formula is C8H6F3NO3S. The topological polar surface area (TPSA) is 55.4 Å². The van der Waals surface area contributed by atoms with Crippen LogP contribution in [0.4, 0.5) is 13.2 Å². The van der Waals surface area contributed by atoms with Crippen LogP contribution in [0.1, 0.15) is 5.56 Å². The van der Waals surface area contributed by atoms with Gasteiger partial charge in [0, 0.05) is 6.54 Å². The van der Waals surface area contributed by atoms with Crippen LogP contribution in [0, 0.1) is 0 Å². The van der Waals surface area contributed by atoms with Crippen molar-refractivity contribution in [2.24, 2.45) is 0 Å². The standard InChI is InChI=1S/C8H6F3NO3S/c9-8(10,11)15-6-1-2-7-5(3-6)4-12-16(7,13)14/h1-3,12H,4H2. The molecule has 1 aromatic carbocycles. The van der Waals surface area contributed by atoms with Crippen molar-refractivity contribution in [1.82, 2.24) is 4.72 Å². The molecule has 8 heteroatoms. The molecule has 16 heavy (non-hydrogen) atoms. The highest BCUT2D eigenvalue weighted by Crippen LogP contribution is 2.29. The Morgan fingerprint density at radius 1 is 1.31 bits per heavy atom. The molecule has 0 aromatic heterocycles. The Balaban J connectivity index is 2.36. The first-order chi connectivity index (χ1) is 7.28. The van der Waals surface area contributed by atoms with Gasteiger partial charge in [-0.2, -0.15) is 0 Å². The van der Waals surface area contributed by atoms with Crippen molar-refractivity contribution >= 4 is 10.0 Å². The number of nitrogens with one attached hydrogen (secondary N) is 1. The van der Waals surface area contributed by atoms with Crippen LogP contribution >= 0.6 is 0 Å². The summed E-state index contributed by atoms with van der Waals surface area (Å²) in [4.78, 5) is -0.0120. The van der Waals surface area contributed by atoms with Crippen molar-refractivity contribution in [3.63, 3.8) is 0 Å². The second-order valence-corrected chi connectivity index (χ2v) is 4.88. The number of ether oxygens (including phenoxy) is 1. The van der Waals surface area contributed by atoms with Gasteiger partial charge in [-0.25, -0.2) is 13.1 Å². The van der Waals surface area contributed by atoms with Gasteiger partial charge in [0.15, 0.2) is 0 Å². The van der Waals surface area contributed by atoms with E-state index >= 15 is 0 Å². The van der Waals surface area contributed by atoms with Crippen molar-refractivity contribution in [3.05, 3.63) is 23.8 Å². The van der Waals surface area contributed by atoms with Gasteiger partial charge < -0.3 is 4.74 Å². The number of alkyl halides is 3. The molecule has 4 nitrogen and oxygen atoms in total. The Kier molecular flexibility index (Phi) is 2.35. The van der Waals surface area contributed by atoms with Crippen molar-refractivity contribution in [2.45, 2.75) is 17.8 Å². The second kappa shape index (κ2) is 3.36. The molecule has 0 bridgehead atoms. The van der Waals surface area contributed by atoms with Gasteiger partial charge in [-0.1, -0.05) is 0 Å². The zero-order chi connectivity index (χ0) is 12.0. The molecule has 0 radical (unpaired) electrons. The van der Waals surface area contributed by atoms with Crippen molar-refractivity contribution in [1.29, 1.82) is 0 Å². The Labute approximate surface area is 89.1 Å². The summed E-state index contributed by atoms with van der Waals surface area (Å²) in [6, 6.07) is 3.11. The first kappa shape index (κ1) is 11.2. The molecule has 0 saturated carbocycles. The summed E-state index contributed by atoms with van der Waals surface area (Å²) in [6.45, 7) is -0.0211. The molecule has 0 saturated heterocycles. The number of hydrogen-bond acceptors (Lipinski definition) is 3. The largest absolute Gasteiger partial charge is 0.573 e. The predicted octanol–water partition coefficient (Wildman–Crippen LogP) is 1.38. The molecule has 2 rings (SSSR count). The molecule has 88 valence electrons. The van der Waals surface area contributed by atoms with Crippen LogP contribution in [-0.4, -0.2) is 14.8 Å². The lowest BCUT2D eigenvalue weighted by atomic mass is 10.2. The van der Waals surface area contributed by atoms with E-state index in [1.165, 1.54) is 0 Å². The summed E-state index contributed by atoms with van der Waals surface area (Å²) in [6.07, 6.45) is -4.78. The summed E-state index contributed by atoms with van der Waals surface area (Å²) in [7, 11) is -3.55. The third-order valence-corrected chi connectivity index (χ3v) is 3.51. The van der Waals surface area contributed by atoms with Gasteiger partial charge in [-0.15, -0.1) is 13.2 Å². The highest BCUT2D eigenvalue weighted by Gasteiger charge is 2.32. The van der Waals surface area contributed by atoms with Crippen LogP contribution in [0.2, 0.25) is 0 Å². The number of hydrogen-bond donors (Lipinski definition) is 1. The Hall–Kier alpha value is -1.28. The summed E-state index contributed by atoms with van der Waals surface area (Å²) in [5.74, 6) is -0.426. The highest BCUT2D eigenvalue weighted by atomic mass is 32.2. The summed E-state index contributed by atoms with van der Waals surface area (Å²) in [5, 5.41) is 0. The Bertz CT molecular complexity index is 524. The van der Waals surface area contributed by atoms with E-state index < -0.39 is 22.1 Å². The van der Waals surface area contributed by atoms with E-state index in [1.807, 2.05) is 0 Å². The van der Waals surface area contributed by atoms with E-state index in [4.69, 9.17) is 0 Å². The van der Waals surface area contributed by atoms with E-state index in [9.17, 15) is 21.6 Å². The zero-order valence-electron chi connectivity index (χ0n) is 7.71. The minimum absolute atomic E-state index is 0.0120. The molecule has 1 N–H and O–H groups in total. The van der Waals surface area contributed by atoms with Gasteiger partial charge in [-0.05, 0) is 23.8 Å². The lowest BCUT2D eigenvalue weighted by molar-refractivity contribution is -0.274. The number of rotatable bonds is 1. The molecule has 1 aliphatic heterocycles. The second-order valence-electron chi connectivity index (χ2n) is 3.14. The normalized spacial score (nSPS) is 18.2. The maximum absolute atomic E-state index is 11.9. The van der Waals surface area contributed by atoms with Gasteiger partial charge in [-0.3, -0.25) is 0 Å². The molecule has 0 atom stereocenters. The first-order valence-corrected chi connectivity index (χ1v) is 5.65. The fourth-order valence-electron chi connectivity index (χ4n) is 1.40. The summed E-state index contributed by atoms with van der Waals surface area (Å²) < 4.78 is 64.1. The van der Waals surface area contributed by atoms with E-state index in [0.717, 1.165) is 18.2 Å². The monoisotopic (exact) mass is 253 g/mol. The van der Waals surface area contributed by atoms with Gasteiger partial charge in [0.05, 0.1) is 4.90 Å². The maximum Gasteiger partial charge on any atom is 0.573 e. The molecule has 0 spiro atoms.